The Morgan fingerprint density at radius 3 is 1.91 bits per heavy atom. The van der Waals surface area contributed by atoms with Gasteiger partial charge in [0.05, 0.1) is 11.2 Å². The van der Waals surface area contributed by atoms with Gasteiger partial charge in [-0.25, -0.2) is 0 Å². The molecule has 1 aliphatic rings. The number of rotatable bonds is 4. The van der Waals surface area contributed by atoms with E-state index in [0.29, 0.717) is 0 Å². The third-order valence-corrected chi connectivity index (χ3v) is 11.2. The Kier molecular flexibility index (Phi) is 6.65. The van der Waals surface area contributed by atoms with E-state index in [1.54, 1.807) is 0 Å². The van der Waals surface area contributed by atoms with Crippen molar-refractivity contribution in [3.8, 4) is 39.1 Å². The summed E-state index contributed by atoms with van der Waals surface area (Å²) < 4.78 is 2.40. The minimum Gasteiger partial charge on any atom is -0.387 e. The standard InChI is InChI=1S/C51H34N2/c1-2-15-39(16-3-1)53-48-26-24-37(30-45(48)47-32-52-28-27-49(47)53)36-23-25-44-46(31-36)51(41-20-10-14-34-12-6-7-17-40(34)41)43-19-9-8-18-42(43)50(44)38-22-21-33-11-4-5-13-35(33)29-38/h1-31,52H,32H2. The molecule has 1 aliphatic heterocycles. The van der Waals surface area contributed by atoms with Crippen LogP contribution in [0.15, 0.2) is 182 Å². The monoisotopic (exact) mass is 674 g/mol. The molecule has 0 spiro atoms. The normalized spacial score (nSPS) is 12.5. The van der Waals surface area contributed by atoms with Gasteiger partial charge in [-0.1, -0.05) is 140 Å². The zero-order valence-corrected chi connectivity index (χ0v) is 29.1. The van der Waals surface area contributed by atoms with E-state index in [0.717, 1.165) is 6.54 Å². The van der Waals surface area contributed by atoms with Crippen molar-refractivity contribution in [1.29, 1.82) is 0 Å². The molecule has 1 aromatic heterocycles. The Morgan fingerprint density at radius 1 is 0.415 bits per heavy atom. The Balaban J connectivity index is 1.21. The maximum absolute atomic E-state index is 3.48. The van der Waals surface area contributed by atoms with Crippen LogP contribution in [0.1, 0.15) is 11.3 Å². The summed E-state index contributed by atoms with van der Waals surface area (Å²) in [5.41, 5.74) is 12.4. The first-order chi connectivity index (χ1) is 26.3. The zero-order valence-electron chi connectivity index (χ0n) is 29.1. The van der Waals surface area contributed by atoms with Crippen molar-refractivity contribution in [2.45, 2.75) is 6.54 Å². The lowest BCUT2D eigenvalue weighted by molar-refractivity contribution is 0.855. The number of aromatic nitrogens is 1. The van der Waals surface area contributed by atoms with E-state index in [2.05, 4.69) is 198 Å². The smallest absolute Gasteiger partial charge is 0.0538 e. The van der Waals surface area contributed by atoms with Crippen LogP contribution in [0.5, 0.6) is 0 Å². The molecule has 53 heavy (non-hydrogen) atoms. The number of hydrogen-bond donors (Lipinski definition) is 1. The number of para-hydroxylation sites is 1. The van der Waals surface area contributed by atoms with Crippen LogP contribution in [-0.4, -0.2) is 4.57 Å². The molecular formula is C51H34N2. The highest BCUT2D eigenvalue weighted by Gasteiger charge is 2.21. The highest BCUT2D eigenvalue weighted by atomic mass is 15.0. The van der Waals surface area contributed by atoms with Crippen LogP contribution in [0.4, 0.5) is 0 Å². The summed E-state index contributed by atoms with van der Waals surface area (Å²) in [6.07, 6.45) is 4.27. The highest BCUT2D eigenvalue weighted by Crippen LogP contribution is 2.47. The van der Waals surface area contributed by atoms with E-state index >= 15 is 0 Å². The van der Waals surface area contributed by atoms with Gasteiger partial charge in [0.2, 0.25) is 0 Å². The topological polar surface area (TPSA) is 17.0 Å². The van der Waals surface area contributed by atoms with Crippen molar-refractivity contribution in [3.63, 3.8) is 0 Å². The highest BCUT2D eigenvalue weighted by molar-refractivity contribution is 6.24. The van der Waals surface area contributed by atoms with Gasteiger partial charge in [0, 0.05) is 23.2 Å². The second kappa shape index (κ2) is 11.8. The van der Waals surface area contributed by atoms with E-state index in [4.69, 9.17) is 0 Å². The lowest BCUT2D eigenvalue weighted by atomic mass is 9.83. The maximum atomic E-state index is 3.48. The summed E-state index contributed by atoms with van der Waals surface area (Å²) in [5, 5.41) is 14.8. The second-order valence-electron chi connectivity index (χ2n) is 14.1. The summed E-state index contributed by atoms with van der Waals surface area (Å²) in [7, 11) is 0. The number of nitrogens with one attached hydrogen (secondary N) is 1. The van der Waals surface area contributed by atoms with Crippen LogP contribution in [0.25, 0.3) is 99.1 Å². The van der Waals surface area contributed by atoms with E-state index in [9.17, 15) is 0 Å². The molecule has 2 nitrogen and oxygen atoms in total. The lowest BCUT2D eigenvalue weighted by Crippen LogP contribution is -2.10. The first-order valence-electron chi connectivity index (χ1n) is 18.4. The Bertz CT molecular complexity index is 3100. The van der Waals surface area contributed by atoms with Crippen molar-refractivity contribution in [1.82, 2.24) is 9.88 Å². The minimum absolute atomic E-state index is 0.801. The summed E-state index contributed by atoms with van der Waals surface area (Å²) >= 11 is 0. The zero-order chi connectivity index (χ0) is 34.9. The van der Waals surface area contributed by atoms with Gasteiger partial charge in [-0.2, -0.15) is 0 Å². The lowest BCUT2D eigenvalue weighted by Gasteiger charge is -2.20. The molecule has 0 unspecified atom stereocenters. The van der Waals surface area contributed by atoms with Gasteiger partial charge in [0.1, 0.15) is 0 Å². The van der Waals surface area contributed by atoms with Gasteiger partial charge in [0.15, 0.2) is 0 Å². The Labute approximate surface area is 307 Å². The molecule has 0 saturated heterocycles. The van der Waals surface area contributed by atoms with Crippen molar-refractivity contribution in [2.24, 2.45) is 0 Å². The first-order valence-corrected chi connectivity index (χ1v) is 18.4. The molecule has 248 valence electrons. The first kappa shape index (κ1) is 29.8. The molecule has 0 saturated carbocycles. The van der Waals surface area contributed by atoms with Crippen LogP contribution in [-0.2, 0) is 6.54 Å². The fraction of sp³-hybridized carbons (Fsp3) is 0.0196. The van der Waals surface area contributed by atoms with Crippen LogP contribution in [0.2, 0.25) is 0 Å². The predicted molar refractivity (Wildman–Crippen MR) is 225 cm³/mol. The Morgan fingerprint density at radius 2 is 1.06 bits per heavy atom. The third kappa shape index (κ3) is 4.66. The van der Waals surface area contributed by atoms with Crippen molar-refractivity contribution < 1.29 is 0 Å². The molecular weight excluding hydrogens is 641 g/mol. The minimum atomic E-state index is 0.801. The van der Waals surface area contributed by atoms with Crippen LogP contribution in [0, 0.1) is 0 Å². The number of nitrogens with zero attached hydrogens (tertiary/aromatic N) is 1. The predicted octanol–water partition coefficient (Wildman–Crippen LogP) is 13.3. The van der Waals surface area contributed by atoms with E-state index < -0.39 is 0 Å². The van der Waals surface area contributed by atoms with E-state index in [1.807, 2.05) is 0 Å². The molecule has 2 heterocycles. The molecule has 9 aromatic carbocycles. The summed E-state index contributed by atoms with van der Waals surface area (Å²) in [6, 6.07) is 64.9. The van der Waals surface area contributed by atoms with Crippen molar-refractivity contribution in [3.05, 3.63) is 193 Å². The number of benzene rings is 9. The van der Waals surface area contributed by atoms with Gasteiger partial charge in [-0.3, -0.25) is 0 Å². The Hall–Kier alpha value is -6.90. The molecule has 0 atom stereocenters. The molecule has 0 aliphatic carbocycles. The fourth-order valence-electron chi connectivity index (χ4n) is 8.82. The largest absolute Gasteiger partial charge is 0.387 e. The number of hydrogen-bond acceptors (Lipinski definition) is 1. The van der Waals surface area contributed by atoms with E-state index in [-0.39, 0.29) is 0 Å². The third-order valence-electron chi connectivity index (χ3n) is 11.2. The molecule has 0 amide bonds. The van der Waals surface area contributed by atoms with Gasteiger partial charge >= 0.3 is 0 Å². The van der Waals surface area contributed by atoms with Crippen molar-refractivity contribution in [2.75, 3.05) is 0 Å². The van der Waals surface area contributed by atoms with E-state index in [1.165, 1.54) is 104 Å². The summed E-state index contributed by atoms with van der Waals surface area (Å²) in [4.78, 5) is 0. The van der Waals surface area contributed by atoms with Crippen LogP contribution >= 0.6 is 0 Å². The summed E-state index contributed by atoms with van der Waals surface area (Å²) in [5.74, 6) is 0. The van der Waals surface area contributed by atoms with Gasteiger partial charge in [0.25, 0.3) is 0 Å². The fourth-order valence-corrected chi connectivity index (χ4v) is 8.82. The molecule has 2 heteroatoms. The maximum Gasteiger partial charge on any atom is 0.0538 e. The van der Waals surface area contributed by atoms with Crippen molar-refractivity contribution >= 4 is 60.1 Å². The average molecular weight is 675 g/mol. The molecule has 0 bridgehead atoms. The van der Waals surface area contributed by atoms with Gasteiger partial charge < -0.3 is 9.88 Å². The molecule has 0 fully saturated rings. The molecule has 0 radical (unpaired) electrons. The average Bonchev–Trinajstić information content (AvgIpc) is 3.56. The molecule has 11 rings (SSSR count). The van der Waals surface area contributed by atoms with Gasteiger partial charge in [-0.05, 0) is 125 Å². The molecule has 10 aromatic rings. The quantitative estimate of drug-likeness (QED) is 0.184. The van der Waals surface area contributed by atoms with Crippen LogP contribution in [0.3, 0.4) is 0 Å². The SMILES string of the molecule is C1=Cc2c(c3cc(-c4ccc5c(-c6ccc7ccccc7c6)c6ccccc6c(-c6cccc7ccccc67)c5c4)ccc3n2-c2ccccc2)CN1. The molecule has 1 N–H and O–H groups in total. The van der Waals surface area contributed by atoms with Crippen LogP contribution < -0.4 is 5.32 Å². The van der Waals surface area contributed by atoms with Gasteiger partial charge in [-0.15, -0.1) is 0 Å². The number of fused-ring (bicyclic) bond motifs is 7. The summed E-state index contributed by atoms with van der Waals surface area (Å²) in [6.45, 7) is 0.801. The second-order valence-corrected chi connectivity index (χ2v) is 14.1.